The molecule has 2 heterocycles. The molecule has 0 radical (unpaired) electrons. The number of benzene rings is 3. The molecule has 194 valence electrons. The van der Waals surface area contributed by atoms with Crippen LogP contribution >= 0.6 is 0 Å². The molecule has 0 saturated carbocycles. The highest BCUT2D eigenvalue weighted by molar-refractivity contribution is 5.82. The van der Waals surface area contributed by atoms with E-state index >= 15 is 0 Å². The number of carbonyl (C=O) groups excluding carboxylic acids is 1. The number of hydrogen-bond acceptors (Lipinski definition) is 6. The third-order valence-corrected chi connectivity index (χ3v) is 6.66. The molecule has 1 aromatic heterocycles. The van der Waals surface area contributed by atoms with Crippen molar-refractivity contribution in [2.45, 2.75) is 31.6 Å². The molecule has 0 spiro atoms. The highest BCUT2D eigenvalue weighted by Crippen LogP contribution is 2.26. The Balaban J connectivity index is 1.40. The number of nitrogens with zero attached hydrogens (tertiary/aromatic N) is 2. The number of anilines is 1. The molecule has 1 N–H and O–H groups in total. The Morgan fingerprint density at radius 1 is 0.895 bits per heavy atom. The lowest BCUT2D eigenvalue weighted by Crippen LogP contribution is -2.44. The number of ether oxygens (including phenoxy) is 3. The quantitative estimate of drug-likeness (QED) is 0.233. The van der Waals surface area contributed by atoms with Gasteiger partial charge in [-0.1, -0.05) is 60.7 Å². The van der Waals surface area contributed by atoms with Gasteiger partial charge in [-0.15, -0.1) is 0 Å². The fraction of sp³-hybridized carbons (Fsp3) is 0.258. The summed E-state index contributed by atoms with van der Waals surface area (Å²) in [4.78, 5) is 18.5. The molecule has 0 saturated heterocycles. The first-order chi connectivity index (χ1) is 18.6. The summed E-state index contributed by atoms with van der Waals surface area (Å²) in [6.07, 6.45) is 3.40. The van der Waals surface area contributed by atoms with Crippen LogP contribution in [0.5, 0.6) is 5.75 Å². The minimum absolute atomic E-state index is 0.0209. The number of methoxy groups -OCH3 is 2. The topological polar surface area (TPSA) is 73.6 Å². The lowest BCUT2D eigenvalue weighted by Gasteiger charge is -2.13. The molecule has 0 aliphatic carbocycles. The first-order valence-electron chi connectivity index (χ1n) is 12.8. The molecule has 1 unspecified atom stereocenters. The Morgan fingerprint density at radius 2 is 1.55 bits per heavy atom. The highest BCUT2D eigenvalue weighted by atomic mass is 16.7. The van der Waals surface area contributed by atoms with Gasteiger partial charge in [-0.3, -0.25) is 5.32 Å². The summed E-state index contributed by atoms with van der Waals surface area (Å²) >= 11 is 0. The number of aromatic nitrogens is 2. The van der Waals surface area contributed by atoms with E-state index in [-0.39, 0.29) is 18.2 Å². The molecule has 5 rings (SSSR count). The maximum atomic E-state index is 13.5. The van der Waals surface area contributed by atoms with Crippen LogP contribution in [0.4, 0.5) is 5.82 Å². The normalized spacial score (nSPS) is 14.4. The van der Waals surface area contributed by atoms with Crippen molar-refractivity contribution >= 4 is 11.7 Å². The van der Waals surface area contributed by atoms with Crippen LogP contribution in [0, 0.1) is 0 Å². The first-order valence-corrected chi connectivity index (χ1v) is 12.8. The second-order valence-electron chi connectivity index (χ2n) is 9.24. The van der Waals surface area contributed by atoms with E-state index in [1.54, 1.807) is 18.8 Å². The number of carbonyl (C=O) groups is 1. The van der Waals surface area contributed by atoms with Gasteiger partial charge in [0, 0.05) is 39.0 Å². The summed E-state index contributed by atoms with van der Waals surface area (Å²) in [6.45, 7) is 0.475. The average molecular weight is 511 g/mol. The zero-order valence-electron chi connectivity index (χ0n) is 21.7. The van der Waals surface area contributed by atoms with Gasteiger partial charge in [-0.2, -0.15) is 4.57 Å². The summed E-state index contributed by atoms with van der Waals surface area (Å²) in [6, 6.07) is 27.7. The first kappa shape index (κ1) is 25.6. The molecule has 1 aliphatic heterocycles. The van der Waals surface area contributed by atoms with Gasteiger partial charge in [0.05, 0.1) is 6.61 Å². The molecule has 3 aromatic carbocycles. The van der Waals surface area contributed by atoms with Crippen LogP contribution in [0.3, 0.4) is 0 Å². The van der Waals surface area contributed by atoms with Crippen LogP contribution in [-0.2, 0) is 22.3 Å². The smallest absolute Gasteiger partial charge is 0.359 e. The number of fused-ring (bicyclic) bond motifs is 1. The van der Waals surface area contributed by atoms with E-state index in [4.69, 9.17) is 19.2 Å². The molecule has 38 heavy (non-hydrogen) atoms. The van der Waals surface area contributed by atoms with Crippen molar-refractivity contribution in [3.05, 3.63) is 108 Å². The number of hydrogen-bond donors (Lipinski definition) is 1. The summed E-state index contributed by atoms with van der Waals surface area (Å²) in [7, 11) is 3.22. The van der Waals surface area contributed by atoms with Gasteiger partial charge in [-0.25, -0.2) is 9.78 Å². The van der Waals surface area contributed by atoms with E-state index in [1.807, 2.05) is 79.0 Å². The summed E-state index contributed by atoms with van der Waals surface area (Å²) in [5.74, 6) is 1.53. The molecule has 4 aromatic rings. The van der Waals surface area contributed by atoms with Crippen LogP contribution in [-0.4, -0.2) is 44.0 Å². The Morgan fingerprint density at radius 3 is 2.21 bits per heavy atom. The van der Waals surface area contributed by atoms with E-state index in [0.717, 1.165) is 39.6 Å². The fourth-order valence-corrected chi connectivity index (χ4v) is 4.64. The van der Waals surface area contributed by atoms with Gasteiger partial charge >= 0.3 is 11.7 Å². The monoisotopic (exact) mass is 510 g/mol. The minimum Gasteiger partial charge on any atom is -0.493 e. The zero-order chi connectivity index (χ0) is 26.3. The van der Waals surface area contributed by atoms with Crippen LogP contribution in [0.2, 0.25) is 0 Å². The Labute approximate surface area is 223 Å². The second kappa shape index (κ2) is 12.0. The van der Waals surface area contributed by atoms with Crippen molar-refractivity contribution in [3.8, 4) is 17.0 Å². The predicted molar refractivity (Wildman–Crippen MR) is 145 cm³/mol. The van der Waals surface area contributed by atoms with Crippen molar-refractivity contribution in [2.75, 3.05) is 26.1 Å². The SMILES string of the molecule is COC(CCOc1ccc(-c2c[n+]3c(c(Cc4ccccc4)n2)NC(Cc2ccccc2)C3=O)cc1)OC. The molecule has 0 amide bonds. The van der Waals surface area contributed by atoms with Crippen molar-refractivity contribution < 1.29 is 23.6 Å². The highest BCUT2D eigenvalue weighted by Gasteiger charge is 2.41. The van der Waals surface area contributed by atoms with Crippen LogP contribution in [0.1, 0.15) is 28.0 Å². The van der Waals surface area contributed by atoms with Crippen molar-refractivity contribution in [1.29, 1.82) is 0 Å². The van der Waals surface area contributed by atoms with Gasteiger partial charge in [0.15, 0.2) is 12.3 Å². The summed E-state index contributed by atoms with van der Waals surface area (Å²) in [5.41, 5.74) is 4.73. The molecular weight excluding hydrogens is 478 g/mol. The Hall–Kier alpha value is -4.07. The third-order valence-electron chi connectivity index (χ3n) is 6.66. The van der Waals surface area contributed by atoms with E-state index < -0.39 is 0 Å². The summed E-state index contributed by atoms with van der Waals surface area (Å²) in [5, 5.41) is 3.46. The molecule has 7 heteroatoms. The van der Waals surface area contributed by atoms with Gasteiger partial charge in [0.2, 0.25) is 0 Å². The molecule has 0 fully saturated rings. The lowest BCUT2D eigenvalue weighted by atomic mass is 10.1. The fourth-order valence-electron chi connectivity index (χ4n) is 4.64. The maximum absolute atomic E-state index is 13.5. The molecule has 0 bridgehead atoms. The summed E-state index contributed by atoms with van der Waals surface area (Å²) < 4.78 is 18.0. The van der Waals surface area contributed by atoms with Gasteiger partial charge < -0.3 is 14.2 Å². The van der Waals surface area contributed by atoms with Gasteiger partial charge in [0.25, 0.3) is 0 Å². The molecular formula is C31H32N3O4+. The molecule has 7 nitrogen and oxygen atoms in total. The van der Waals surface area contributed by atoms with Crippen LogP contribution in [0.25, 0.3) is 11.3 Å². The minimum atomic E-state index is -0.345. The number of nitrogens with one attached hydrogen (secondary N) is 1. The standard InChI is InChI=1S/C31H31N3O4/c1-36-29(37-2)17-18-38-25-15-13-24(14-16-25)28-21-34-30(26(32-28)19-22-9-5-3-6-10-22)33-27(31(34)35)20-23-11-7-4-8-12-23/h3-16,21,27,29H,17-20H2,1-2H3/p+1. The lowest BCUT2D eigenvalue weighted by molar-refractivity contribution is -0.552. The van der Waals surface area contributed by atoms with Gasteiger partial charge in [-0.05, 0) is 35.4 Å². The Kier molecular flexibility index (Phi) is 8.06. The van der Waals surface area contributed by atoms with Gasteiger partial charge in [0.1, 0.15) is 23.3 Å². The second-order valence-corrected chi connectivity index (χ2v) is 9.24. The van der Waals surface area contributed by atoms with E-state index in [2.05, 4.69) is 17.4 Å². The molecule has 1 atom stereocenters. The predicted octanol–water partition coefficient (Wildman–Crippen LogP) is 4.69. The molecule has 1 aliphatic rings. The maximum Gasteiger partial charge on any atom is 0.359 e. The van der Waals surface area contributed by atoms with Crippen molar-refractivity contribution in [3.63, 3.8) is 0 Å². The van der Waals surface area contributed by atoms with Crippen molar-refractivity contribution in [2.24, 2.45) is 0 Å². The number of rotatable bonds is 11. The van der Waals surface area contributed by atoms with Crippen LogP contribution < -0.4 is 14.6 Å². The zero-order valence-corrected chi connectivity index (χ0v) is 21.7. The average Bonchev–Trinajstić information content (AvgIpc) is 3.27. The van der Waals surface area contributed by atoms with Crippen LogP contribution in [0.15, 0.2) is 91.1 Å². The Bertz CT molecular complexity index is 1360. The van der Waals surface area contributed by atoms with E-state index in [0.29, 0.717) is 25.9 Å². The largest absolute Gasteiger partial charge is 0.493 e. The third kappa shape index (κ3) is 5.90. The van der Waals surface area contributed by atoms with Crippen molar-refractivity contribution in [1.82, 2.24) is 4.98 Å². The van der Waals surface area contributed by atoms with E-state index in [1.165, 1.54) is 0 Å². The van der Waals surface area contributed by atoms with E-state index in [9.17, 15) is 4.79 Å².